The molecule has 0 aliphatic heterocycles. The van der Waals surface area contributed by atoms with Gasteiger partial charge >= 0.3 is 0 Å². The van der Waals surface area contributed by atoms with Crippen LogP contribution in [0.3, 0.4) is 0 Å². The fourth-order valence-corrected chi connectivity index (χ4v) is 3.40. The van der Waals surface area contributed by atoms with Gasteiger partial charge in [-0.15, -0.1) is 9.78 Å². The monoisotopic (exact) mass is 331 g/mol. The standard InChI is InChI=1S/C17H13N7O/c1-22-16-14(13-15(10-6-7-10)24(8-18)21-20-13)19-9-23(16)12-5-3-2-4-11(12)17(22)25/h2-5,9-10H,6-7H2,1H3. The van der Waals surface area contributed by atoms with Crippen LogP contribution >= 0.6 is 0 Å². The summed E-state index contributed by atoms with van der Waals surface area (Å²) >= 11 is 0. The number of para-hydroxylation sites is 1. The topological polar surface area (TPSA) is 93.8 Å². The largest absolute Gasteiger partial charge is 0.295 e. The molecule has 1 aliphatic carbocycles. The Morgan fingerprint density at radius 3 is 2.80 bits per heavy atom. The van der Waals surface area contributed by atoms with Crippen LogP contribution in [0.15, 0.2) is 35.4 Å². The number of benzene rings is 1. The van der Waals surface area contributed by atoms with Gasteiger partial charge in [-0.25, -0.2) is 4.98 Å². The van der Waals surface area contributed by atoms with Gasteiger partial charge in [-0.05, 0) is 25.0 Å². The molecule has 5 rings (SSSR count). The zero-order valence-electron chi connectivity index (χ0n) is 13.4. The van der Waals surface area contributed by atoms with Gasteiger partial charge in [-0.1, -0.05) is 17.3 Å². The smallest absolute Gasteiger partial charge is 0.261 e. The Hall–Kier alpha value is -3.47. The summed E-state index contributed by atoms with van der Waals surface area (Å²) in [6.45, 7) is 0. The van der Waals surface area contributed by atoms with Crippen LogP contribution in [0, 0.1) is 11.5 Å². The highest BCUT2D eigenvalue weighted by atomic mass is 16.1. The molecule has 1 aliphatic rings. The molecule has 4 aromatic rings. The summed E-state index contributed by atoms with van der Waals surface area (Å²) in [6, 6.07) is 7.43. The summed E-state index contributed by atoms with van der Waals surface area (Å²) in [6.07, 6.45) is 5.75. The Morgan fingerprint density at radius 2 is 2.04 bits per heavy atom. The van der Waals surface area contributed by atoms with Crippen LogP contribution in [0.1, 0.15) is 24.5 Å². The summed E-state index contributed by atoms with van der Waals surface area (Å²) in [4.78, 5) is 17.3. The van der Waals surface area contributed by atoms with E-state index in [-0.39, 0.29) is 11.5 Å². The number of fused-ring (bicyclic) bond motifs is 3. The zero-order chi connectivity index (χ0) is 17.1. The van der Waals surface area contributed by atoms with Crippen LogP contribution in [0.4, 0.5) is 0 Å². The highest BCUT2D eigenvalue weighted by Crippen LogP contribution is 2.43. The molecule has 0 amide bonds. The van der Waals surface area contributed by atoms with Gasteiger partial charge in [-0.3, -0.25) is 13.8 Å². The molecule has 0 unspecified atom stereocenters. The predicted molar refractivity (Wildman–Crippen MR) is 89.9 cm³/mol. The number of imidazole rings is 1. The maximum absolute atomic E-state index is 12.7. The van der Waals surface area contributed by atoms with Crippen molar-refractivity contribution in [2.24, 2.45) is 7.05 Å². The quantitative estimate of drug-likeness (QED) is 0.557. The van der Waals surface area contributed by atoms with E-state index in [2.05, 4.69) is 15.3 Å². The molecular weight excluding hydrogens is 318 g/mol. The maximum atomic E-state index is 12.7. The van der Waals surface area contributed by atoms with Crippen LogP contribution in [0.5, 0.6) is 0 Å². The highest BCUT2D eigenvalue weighted by molar-refractivity contribution is 5.85. The number of hydrogen-bond acceptors (Lipinski definition) is 5. The fourth-order valence-electron chi connectivity index (χ4n) is 3.40. The average molecular weight is 331 g/mol. The summed E-state index contributed by atoms with van der Waals surface area (Å²) < 4.78 is 4.72. The first-order valence-electron chi connectivity index (χ1n) is 8.01. The van der Waals surface area contributed by atoms with E-state index in [0.29, 0.717) is 22.4 Å². The van der Waals surface area contributed by atoms with Crippen molar-refractivity contribution in [1.82, 2.24) is 28.9 Å². The summed E-state index contributed by atoms with van der Waals surface area (Å²) in [5.41, 5.74) is 3.29. The van der Waals surface area contributed by atoms with Crippen molar-refractivity contribution in [2.45, 2.75) is 18.8 Å². The molecule has 1 fully saturated rings. The van der Waals surface area contributed by atoms with Crippen molar-refractivity contribution in [3.63, 3.8) is 0 Å². The first kappa shape index (κ1) is 13.9. The number of aromatic nitrogens is 6. The minimum absolute atomic E-state index is 0.0921. The second-order valence-electron chi connectivity index (χ2n) is 6.28. The van der Waals surface area contributed by atoms with Gasteiger partial charge in [0.1, 0.15) is 23.4 Å². The third-order valence-electron chi connectivity index (χ3n) is 4.75. The van der Waals surface area contributed by atoms with Crippen LogP contribution in [-0.2, 0) is 7.05 Å². The summed E-state index contributed by atoms with van der Waals surface area (Å²) in [5.74, 6) is 0.277. The van der Waals surface area contributed by atoms with E-state index in [9.17, 15) is 10.1 Å². The number of hydrogen-bond donors (Lipinski definition) is 0. The molecule has 0 bridgehead atoms. The molecule has 3 heterocycles. The van der Waals surface area contributed by atoms with Gasteiger partial charge in [0.15, 0.2) is 0 Å². The van der Waals surface area contributed by atoms with Gasteiger partial charge in [0, 0.05) is 13.0 Å². The lowest BCUT2D eigenvalue weighted by Crippen LogP contribution is -2.19. The Balaban J connectivity index is 1.90. The van der Waals surface area contributed by atoms with Gasteiger partial charge in [0.2, 0.25) is 6.19 Å². The Morgan fingerprint density at radius 1 is 1.24 bits per heavy atom. The molecule has 0 radical (unpaired) electrons. The van der Waals surface area contributed by atoms with E-state index in [1.807, 2.05) is 28.8 Å². The zero-order valence-corrected chi connectivity index (χ0v) is 13.4. The molecule has 0 N–H and O–H groups in total. The van der Waals surface area contributed by atoms with Crippen molar-refractivity contribution in [3.8, 4) is 17.6 Å². The Labute approximate surface area is 141 Å². The molecule has 8 nitrogen and oxygen atoms in total. The lowest BCUT2D eigenvalue weighted by atomic mass is 10.1. The Bertz CT molecular complexity index is 1250. The molecule has 0 atom stereocenters. The number of nitriles is 1. The molecule has 0 spiro atoms. The van der Waals surface area contributed by atoms with Gasteiger partial charge in [0.25, 0.3) is 5.56 Å². The number of nitrogens with zero attached hydrogens (tertiary/aromatic N) is 7. The first-order chi connectivity index (χ1) is 12.2. The number of aryl methyl sites for hydroxylation is 1. The lowest BCUT2D eigenvalue weighted by molar-refractivity contribution is 0.776. The van der Waals surface area contributed by atoms with E-state index in [1.165, 1.54) is 4.68 Å². The minimum Gasteiger partial charge on any atom is -0.295 e. The van der Waals surface area contributed by atoms with E-state index in [4.69, 9.17) is 0 Å². The summed E-state index contributed by atoms with van der Waals surface area (Å²) in [5, 5.41) is 18.1. The van der Waals surface area contributed by atoms with Crippen molar-refractivity contribution >= 4 is 16.6 Å². The van der Waals surface area contributed by atoms with E-state index < -0.39 is 0 Å². The van der Waals surface area contributed by atoms with Crippen molar-refractivity contribution < 1.29 is 0 Å². The molecule has 0 saturated heterocycles. The van der Waals surface area contributed by atoms with E-state index in [0.717, 1.165) is 24.1 Å². The molecular formula is C17H13N7O. The molecule has 25 heavy (non-hydrogen) atoms. The minimum atomic E-state index is -0.0921. The highest BCUT2D eigenvalue weighted by Gasteiger charge is 2.33. The van der Waals surface area contributed by atoms with Crippen LogP contribution < -0.4 is 5.56 Å². The van der Waals surface area contributed by atoms with Crippen LogP contribution in [0.2, 0.25) is 0 Å². The van der Waals surface area contributed by atoms with Gasteiger partial charge in [0.05, 0.1) is 16.6 Å². The van der Waals surface area contributed by atoms with Crippen molar-refractivity contribution in [1.29, 1.82) is 5.26 Å². The molecule has 122 valence electrons. The first-order valence-corrected chi connectivity index (χ1v) is 8.01. The fraction of sp³-hybridized carbons (Fsp3) is 0.235. The van der Waals surface area contributed by atoms with E-state index >= 15 is 0 Å². The van der Waals surface area contributed by atoms with Crippen molar-refractivity contribution in [3.05, 3.63) is 46.6 Å². The molecule has 3 aromatic heterocycles. The second kappa shape index (κ2) is 4.77. The average Bonchev–Trinajstić information content (AvgIpc) is 3.23. The predicted octanol–water partition coefficient (Wildman–Crippen LogP) is 1.65. The third kappa shape index (κ3) is 1.80. The van der Waals surface area contributed by atoms with Crippen molar-refractivity contribution in [2.75, 3.05) is 0 Å². The SMILES string of the molecule is Cn1c(=O)c2ccccc2n2cnc(-c3nnn(C#N)c3C3CC3)c12. The Kier molecular flexibility index (Phi) is 2.65. The van der Waals surface area contributed by atoms with Gasteiger partial charge in [-0.2, -0.15) is 5.26 Å². The van der Waals surface area contributed by atoms with Crippen LogP contribution in [-0.4, -0.2) is 28.9 Å². The molecule has 1 aromatic carbocycles. The van der Waals surface area contributed by atoms with Crippen LogP contribution in [0.25, 0.3) is 27.9 Å². The van der Waals surface area contributed by atoms with E-state index in [1.54, 1.807) is 24.0 Å². The second-order valence-corrected chi connectivity index (χ2v) is 6.28. The summed E-state index contributed by atoms with van der Waals surface area (Å²) in [7, 11) is 1.72. The maximum Gasteiger partial charge on any atom is 0.261 e. The lowest BCUT2D eigenvalue weighted by Gasteiger charge is -2.08. The van der Waals surface area contributed by atoms with Gasteiger partial charge < -0.3 is 0 Å². The third-order valence-corrected chi connectivity index (χ3v) is 4.75. The number of rotatable bonds is 2. The molecule has 8 heteroatoms. The normalized spacial score (nSPS) is 14.2. The molecule has 1 saturated carbocycles.